The van der Waals surface area contributed by atoms with Crippen molar-refractivity contribution in [3.05, 3.63) is 155 Å². The number of rotatable bonds is 8. The minimum atomic E-state index is -1.79. The molecule has 6 heteroatoms. The molecule has 234 valence electrons. The molecule has 1 aliphatic rings. The highest BCUT2D eigenvalue weighted by Crippen LogP contribution is 2.58. The van der Waals surface area contributed by atoms with Crippen molar-refractivity contribution in [3.8, 4) is 0 Å². The summed E-state index contributed by atoms with van der Waals surface area (Å²) in [6.45, 7) is 0.482. The molecule has 0 saturated heterocycles. The third-order valence-corrected chi connectivity index (χ3v) is 9.80. The van der Waals surface area contributed by atoms with E-state index in [1.807, 2.05) is 60.7 Å². The molecule has 6 aromatic rings. The third kappa shape index (κ3) is 5.10. The molecule has 0 spiro atoms. The average Bonchev–Trinajstić information content (AvgIpc) is 3.45. The van der Waals surface area contributed by atoms with Crippen LogP contribution in [-0.2, 0) is 25.6 Å². The monoisotopic (exact) mass is 621 g/mol. The van der Waals surface area contributed by atoms with E-state index < -0.39 is 23.3 Å². The second-order valence-electron chi connectivity index (χ2n) is 12.3. The van der Waals surface area contributed by atoms with Gasteiger partial charge in [0, 0.05) is 47.0 Å². The van der Waals surface area contributed by atoms with Gasteiger partial charge in [-0.15, -0.1) is 0 Å². The number of carbonyl (C=O) groups is 3. The number of esters is 2. The van der Waals surface area contributed by atoms with E-state index in [1.54, 1.807) is 12.1 Å². The van der Waals surface area contributed by atoms with Gasteiger partial charge < -0.3 is 14.0 Å². The number of ketones is 1. The molecule has 6 nitrogen and oxygen atoms in total. The normalized spacial score (nSPS) is 16.8. The van der Waals surface area contributed by atoms with Gasteiger partial charge in [-0.2, -0.15) is 0 Å². The summed E-state index contributed by atoms with van der Waals surface area (Å²) >= 11 is 0. The Morgan fingerprint density at radius 3 is 2.04 bits per heavy atom. The fourth-order valence-corrected chi connectivity index (χ4v) is 7.63. The molecule has 0 radical (unpaired) electrons. The summed E-state index contributed by atoms with van der Waals surface area (Å²) in [5.41, 5.74) is 3.51. The molecule has 0 aliphatic heterocycles. The molecule has 0 saturated carbocycles. The Morgan fingerprint density at radius 1 is 0.723 bits per heavy atom. The lowest BCUT2D eigenvalue weighted by atomic mass is 9.59. The topological polar surface area (TPSA) is 74.6 Å². The summed E-state index contributed by atoms with van der Waals surface area (Å²) in [5.74, 6) is -2.82. The number of methoxy groups -OCH3 is 2. The van der Waals surface area contributed by atoms with E-state index in [0.717, 1.165) is 44.1 Å². The first-order valence-electron chi connectivity index (χ1n) is 15.8. The predicted molar refractivity (Wildman–Crippen MR) is 182 cm³/mol. The SMILES string of the molecule is COC(=O)C1(C(=O)OC)CC(c2ccc3ccccc3c2)c2c(n(Cc3ccccc3)c3ccccc23)C1CC(=O)c1ccccc1. The first-order valence-corrected chi connectivity index (χ1v) is 15.8. The maximum atomic E-state index is 14.3. The van der Waals surface area contributed by atoms with Gasteiger partial charge in [-0.3, -0.25) is 14.4 Å². The minimum Gasteiger partial charge on any atom is -0.468 e. The molecule has 1 aromatic heterocycles. The number of hydrogen-bond donors (Lipinski definition) is 0. The molecule has 0 fully saturated rings. The van der Waals surface area contributed by atoms with Gasteiger partial charge in [0.25, 0.3) is 0 Å². The molecule has 2 atom stereocenters. The number of carbonyl (C=O) groups excluding carboxylic acids is 3. The van der Waals surface area contributed by atoms with Crippen LogP contribution in [0.5, 0.6) is 0 Å². The summed E-state index contributed by atoms with van der Waals surface area (Å²) in [6.07, 6.45) is 0.000529. The molecule has 0 bridgehead atoms. The van der Waals surface area contributed by atoms with Crippen LogP contribution in [0.2, 0.25) is 0 Å². The molecule has 0 amide bonds. The van der Waals surface area contributed by atoms with Crippen LogP contribution in [0.4, 0.5) is 0 Å². The van der Waals surface area contributed by atoms with E-state index in [1.165, 1.54) is 14.2 Å². The van der Waals surface area contributed by atoms with Gasteiger partial charge in [-0.1, -0.05) is 121 Å². The number of aromatic nitrogens is 1. The van der Waals surface area contributed by atoms with Crippen LogP contribution in [0.15, 0.2) is 127 Å². The molecule has 47 heavy (non-hydrogen) atoms. The first kappa shape index (κ1) is 30.2. The van der Waals surface area contributed by atoms with Gasteiger partial charge in [0.2, 0.25) is 0 Å². The zero-order valence-corrected chi connectivity index (χ0v) is 26.4. The standard InChI is InChI=1S/C41H35NO5/c1-46-39(44)41(40(45)47-2)25-33(31-22-21-28-15-9-10-18-30(28)23-31)37-32-19-11-12-20-35(32)42(26-27-13-5-3-6-14-27)38(37)34(41)24-36(43)29-16-7-4-8-17-29/h3-23,33-34H,24-26H2,1-2H3. The fraction of sp³-hybridized carbons (Fsp3) is 0.195. The third-order valence-electron chi connectivity index (χ3n) is 9.80. The van der Waals surface area contributed by atoms with Gasteiger partial charge in [-0.05, 0) is 39.9 Å². The van der Waals surface area contributed by atoms with Gasteiger partial charge in [-0.25, -0.2) is 0 Å². The Bertz CT molecular complexity index is 2100. The summed E-state index contributed by atoms with van der Waals surface area (Å²) in [4.78, 5) is 42.6. The van der Waals surface area contributed by atoms with E-state index >= 15 is 0 Å². The van der Waals surface area contributed by atoms with Crippen LogP contribution in [0.1, 0.15) is 57.4 Å². The smallest absolute Gasteiger partial charge is 0.323 e. The maximum absolute atomic E-state index is 14.3. The lowest BCUT2D eigenvalue weighted by Crippen LogP contribution is -2.50. The van der Waals surface area contributed by atoms with Crippen LogP contribution in [0.3, 0.4) is 0 Å². The molecule has 7 rings (SSSR count). The van der Waals surface area contributed by atoms with Crippen LogP contribution >= 0.6 is 0 Å². The molecule has 1 heterocycles. The first-order chi connectivity index (χ1) is 23.0. The molecule has 5 aromatic carbocycles. The van der Waals surface area contributed by atoms with Crippen LogP contribution in [0.25, 0.3) is 21.7 Å². The zero-order valence-electron chi connectivity index (χ0n) is 26.4. The van der Waals surface area contributed by atoms with Crippen molar-refractivity contribution in [2.75, 3.05) is 14.2 Å². The Morgan fingerprint density at radius 2 is 1.34 bits per heavy atom. The Labute approximate surface area is 273 Å². The number of para-hydroxylation sites is 1. The average molecular weight is 622 g/mol. The Balaban J connectivity index is 1.56. The van der Waals surface area contributed by atoms with E-state index in [9.17, 15) is 14.4 Å². The number of benzene rings is 5. The molecule has 1 aliphatic carbocycles. The van der Waals surface area contributed by atoms with Gasteiger partial charge in [0.1, 0.15) is 0 Å². The van der Waals surface area contributed by atoms with Crippen molar-refractivity contribution in [3.63, 3.8) is 0 Å². The largest absolute Gasteiger partial charge is 0.468 e. The lowest BCUT2D eigenvalue weighted by Gasteiger charge is -2.43. The summed E-state index contributed by atoms with van der Waals surface area (Å²) < 4.78 is 13.1. The van der Waals surface area contributed by atoms with Crippen molar-refractivity contribution in [1.29, 1.82) is 0 Å². The van der Waals surface area contributed by atoms with E-state index in [4.69, 9.17) is 9.47 Å². The number of fused-ring (bicyclic) bond motifs is 4. The van der Waals surface area contributed by atoms with Crippen molar-refractivity contribution in [1.82, 2.24) is 4.57 Å². The van der Waals surface area contributed by atoms with Crippen molar-refractivity contribution in [2.24, 2.45) is 5.41 Å². The second kappa shape index (κ2) is 12.4. The number of hydrogen-bond acceptors (Lipinski definition) is 5. The predicted octanol–water partition coefficient (Wildman–Crippen LogP) is 8.07. The van der Waals surface area contributed by atoms with Crippen LogP contribution in [-0.4, -0.2) is 36.5 Å². The highest BCUT2D eigenvalue weighted by Gasteiger charge is 2.61. The fourth-order valence-electron chi connectivity index (χ4n) is 7.63. The Kier molecular flexibility index (Phi) is 7.94. The van der Waals surface area contributed by atoms with Gasteiger partial charge >= 0.3 is 11.9 Å². The van der Waals surface area contributed by atoms with Crippen molar-refractivity contribution >= 4 is 39.4 Å². The van der Waals surface area contributed by atoms with E-state index in [0.29, 0.717) is 12.1 Å². The molecular formula is C41H35NO5. The second-order valence-corrected chi connectivity index (χ2v) is 12.3. The highest BCUT2D eigenvalue weighted by atomic mass is 16.5. The molecule has 2 unspecified atom stereocenters. The quantitative estimate of drug-likeness (QED) is 0.0976. The van der Waals surface area contributed by atoms with Crippen LogP contribution < -0.4 is 0 Å². The van der Waals surface area contributed by atoms with E-state index in [2.05, 4.69) is 59.2 Å². The van der Waals surface area contributed by atoms with Crippen molar-refractivity contribution < 1.29 is 23.9 Å². The van der Waals surface area contributed by atoms with Crippen molar-refractivity contribution in [2.45, 2.75) is 31.2 Å². The minimum absolute atomic E-state index is 0.0865. The van der Waals surface area contributed by atoms with Gasteiger partial charge in [0.05, 0.1) is 14.2 Å². The van der Waals surface area contributed by atoms with E-state index in [-0.39, 0.29) is 24.5 Å². The van der Waals surface area contributed by atoms with Gasteiger partial charge in [0.15, 0.2) is 11.2 Å². The molecular weight excluding hydrogens is 586 g/mol. The van der Waals surface area contributed by atoms with Crippen LogP contribution in [0, 0.1) is 5.41 Å². The molecule has 0 N–H and O–H groups in total. The lowest BCUT2D eigenvalue weighted by molar-refractivity contribution is -0.173. The highest BCUT2D eigenvalue weighted by molar-refractivity contribution is 6.05. The summed E-state index contributed by atoms with van der Waals surface area (Å²) in [5, 5.41) is 3.18. The Hall–Kier alpha value is -5.49. The number of ether oxygens (including phenoxy) is 2. The number of nitrogens with zero attached hydrogens (tertiary/aromatic N) is 1. The number of Topliss-reactive ketones (excluding diaryl/α,β-unsaturated/α-hetero) is 1. The summed E-state index contributed by atoms with van der Waals surface area (Å²) in [6, 6.07) is 41.7. The maximum Gasteiger partial charge on any atom is 0.323 e. The zero-order chi connectivity index (χ0) is 32.5. The summed E-state index contributed by atoms with van der Waals surface area (Å²) in [7, 11) is 2.59.